The van der Waals surface area contributed by atoms with E-state index in [4.69, 9.17) is 0 Å². The summed E-state index contributed by atoms with van der Waals surface area (Å²) in [6, 6.07) is 6.12. The van der Waals surface area contributed by atoms with Gasteiger partial charge in [0.15, 0.2) is 0 Å². The van der Waals surface area contributed by atoms with E-state index in [1.165, 1.54) is 12.1 Å². The molecule has 0 saturated heterocycles. The molecule has 42 heteroatoms. The Morgan fingerprint density at radius 1 is 0.371 bits per heavy atom. The molecule has 0 radical (unpaired) electrons. The smallest absolute Gasteiger partial charge is 0.748 e. The molecule has 2 heterocycles. The maximum absolute atomic E-state index is 12.4. The largest absolute Gasteiger partial charge is 1.00 e. The molecule has 0 atom stereocenters. The molecule has 4 rings (SSSR count). The van der Waals surface area contributed by atoms with Crippen molar-refractivity contribution in [1.29, 1.82) is 0 Å². The summed E-state index contributed by atoms with van der Waals surface area (Å²) < 4.78 is 206. The van der Waals surface area contributed by atoms with Crippen molar-refractivity contribution in [3.05, 3.63) is 47.5 Å². The minimum atomic E-state index is -5.34. The summed E-state index contributed by atoms with van der Waals surface area (Å²) >= 11 is 0. The monoisotopic (exact) mass is 1150 g/mol. The summed E-state index contributed by atoms with van der Waals surface area (Å²) in [5.41, 5.74) is -1.04. The van der Waals surface area contributed by atoms with Crippen LogP contribution in [0.2, 0.25) is 0 Å². The number of benzene rings is 2. The van der Waals surface area contributed by atoms with Gasteiger partial charge in [0.05, 0.1) is 73.3 Å². The second-order valence-electron chi connectivity index (χ2n) is 12.4. The van der Waals surface area contributed by atoms with Gasteiger partial charge in [-0.2, -0.15) is 29.9 Å². The summed E-state index contributed by atoms with van der Waals surface area (Å²) in [5.74, 6) is -6.02. The third kappa shape index (κ3) is 29.1. The van der Waals surface area contributed by atoms with E-state index in [9.17, 15) is 77.8 Å². The summed E-state index contributed by atoms with van der Waals surface area (Å²) in [4.78, 5) is 21.7. The number of rotatable bonds is 24. The van der Waals surface area contributed by atoms with Gasteiger partial charge in [0.2, 0.25) is 35.7 Å². The summed E-state index contributed by atoms with van der Waals surface area (Å²) in [5, 5.41) is 14.8. The van der Waals surface area contributed by atoms with Crippen LogP contribution >= 0.6 is 0 Å². The van der Waals surface area contributed by atoms with Crippen molar-refractivity contribution in [2.75, 3.05) is 81.1 Å². The van der Waals surface area contributed by atoms with Gasteiger partial charge in [-0.05, 0) is 35.4 Å². The molecule has 0 spiro atoms. The average Bonchev–Trinajstić information content (AvgIpc) is 3.11. The molecular weight excluding hydrogens is 1120 g/mol. The molecule has 0 aliphatic carbocycles. The molecule has 352 valence electrons. The van der Waals surface area contributed by atoms with Crippen molar-refractivity contribution in [2.45, 2.75) is 9.79 Å². The zero-order valence-corrected chi connectivity index (χ0v) is 54.7. The zero-order valence-electron chi connectivity index (χ0n) is 37.8. The molecule has 2 aromatic carbocycles. The maximum Gasteiger partial charge on any atom is 1.00 e. The molecule has 30 nitrogen and oxygen atoms in total. The predicted octanol–water partition coefficient (Wildman–Crippen LogP) is -20.6. The normalized spacial score (nSPS) is 11.7. The molecule has 0 aliphatic rings. The summed E-state index contributed by atoms with van der Waals surface area (Å²) in [7, 11) is -29.4. The van der Waals surface area contributed by atoms with Crippen molar-refractivity contribution in [1.82, 2.24) is 29.9 Å². The van der Waals surface area contributed by atoms with Gasteiger partial charge in [-0.25, -0.2) is 50.5 Å². The van der Waals surface area contributed by atoms with Gasteiger partial charge < -0.3 is 59.2 Å². The molecule has 0 amide bonds. The maximum atomic E-state index is 12.4. The van der Waals surface area contributed by atoms with Crippen LogP contribution in [0.25, 0.3) is 12.2 Å². The van der Waals surface area contributed by atoms with E-state index < -0.39 is 132 Å². The molecule has 0 aliphatic heterocycles. The first-order valence-electron chi connectivity index (χ1n) is 17.0. The van der Waals surface area contributed by atoms with E-state index in [2.05, 4.69) is 61.8 Å². The number of nitrogens with one attached hydrogen (secondary N) is 6. The second-order valence-corrected chi connectivity index (χ2v) is 21.2. The predicted molar refractivity (Wildman–Crippen MR) is 216 cm³/mol. The van der Waals surface area contributed by atoms with Crippen LogP contribution in [-0.4, -0.2) is 157 Å². The van der Waals surface area contributed by atoms with E-state index in [1.54, 1.807) is 0 Å². The van der Waals surface area contributed by atoms with E-state index in [0.717, 1.165) is 36.4 Å². The number of anilines is 8. The van der Waals surface area contributed by atoms with Crippen LogP contribution in [-0.2, 0) is 60.7 Å². The van der Waals surface area contributed by atoms with Crippen LogP contribution in [0.15, 0.2) is 46.2 Å². The number of hydrogen-bond donors (Lipinski definition) is 6. The van der Waals surface area contributed by atoms with Gasteiger partial charge in [0, 0.05) is 37.6 Å². The van der Waals surface area contributed by atoms with Crippen LogP contribution in [0.5, 0.6) is 0 Å². The second kappa shape index (κ2) is 32.3. The average molecular weight is 1150 g/mol. The Labute approximate surface area is 534 Å². The molecule has 0 bridgehead atoms. The van der Waals surface area contributed by atoms with Crippen molar-refractivity contribution < 1.29 is 255 Å². The quantitative estimate of drug-likeness (QED) is 0.0215. The Morgan fingerprint density at radius 2 is 0.600 bits per heavy atom. The van der Waals surface area contributed by atoms with Crippen molar-refractivity contribution in [3.63, 3.8) is 0 Å². The van der Waals surface area contributed by atoms with E-state index in [1.807, 2.05) is 0 Å². The van der Waals surface area contributed by atoms with Gasteiger partial charge in [0.25, 0.3) is 0 Å². The molecule has 70 heavy (non-hydrogen) atoms. The van der Waals surface area contributed by atoms with E-state index in [0.29, 0.717) is 0 Å². The van der Waals surface area contributed by atoms with Crippen LogP contribution < -0.4 is 209 Å². The van der Waals surface area contributed by atoms with Crippen LogP contribution in [0.4, 0.5) is 47.1 Å². The zero-order chi connectivity index (χ0) is 47.7. The van der Waals surface area contributed by atoms with Gasteiger partial charge in [-0.1, -0.05) is 24.3 Å². The van der Waals surface area contributed by atoms with E-state index in [-0.39, 0.29) is 224 Å². The Morgan fingerprint density at radius 3 is 0.814 bits per heavy atom. The van der Waals surface area contributed by atoms with Crippen LogP contribution in [0.1, 0.15) is 11.1 Å². The van der Waals surface area contributed by atoms with Crippen LogP contribution in [0, 0.1) is 0 Å². The van der Waals surface area contributed by atoms with Crippen molar-refractivity contribution in [3.8, 4) is 0 Å². The topological polar surface area (TPSA) is 493 Å². The summed E-state index contributed by atoms with van der Waals surface area (Å²) in [6.45, 7) is -2.00. The number of nitrogens with zero attached hydrogens (tertiary/aromatic N) is 6. The van der Waals surface area contributed by atoms with Gasteiger partial charge in [0.1, 0.15) is 20.2 Å². The van der Waals surface area contributed by atoms with Gasteiger partial charge >= 0.3 is 177 Å². The Bertz CT molecular complexity index is 2800. The molecule has 2 aromatic heterocycles. The molecule has 0 fully saturated rings. The fourth-order valence-electron chi connectivity index (χ4n) is 4.70. The Balaban J connectivity index is -0.00000748. The fraction of sp³-hybridized carbons (Fsp3) is 0.286. The fourth-order valence-corrected chi connectivity index (χ4v) is 7.50. The first-order chi connectivity index (χ1) is 29.4. The van der Waals surface area contributed by atoms with Crippen LogP contribution in [0.3, 0.4) is 0 Å². The molecule has 0 saturated carbocycles. The van der Waals surface area contributed by atoms with E-state index >= 15 is 0 Å². The summed E-state index contributed by atoms with van der Waals surface area (Å²) in [6.07, 6.45) is 1.94. The standard InChI is InChI=1S/C28H36N12O18S6.6Na/c41-59(42,43)11-7-29-23-35-24(30-8-12-60(44,45)46)38-27(37-23)33-19-5-3-17(21(15-19)63(53,54)55)1-2-18-4-6-20(16-22(18)64(56,57)58)34-28-39-25(31-9-13-61(47,48)49)36-26(40-28)32-10-14-62(50,51)52;;;;;;/h1-6,15-16H,7-14H2,(H,41,42,43)(H,44,45,46)(H,47,48,49)(H,50,51,52)(H,53,54,55)(H,56,57,58)(H3,29,30,33,35,37,38)(H3,31,32,34,36,39,40);;;;;;/q;6*+1/p-6/b2-1+;;;;;;. The Hall–Kier alpha value is 0.460. The molecular formula is C28H30N12Na6O18S6. The third-order valence-corrected chi connectivity index (χ3v) is 11.9. The van der Waals surface area contributed by atoms with Crippen molar-refractivity contribution in [2.24, 2.45) is 0 Å². The number of hydrogen-bond acceptors (Lipinski definition) is 30. The first-order valence-corrected chi connectivity index (χ1v) is 26.2. The molecule has 4 aromatic rings. The van der Waals surface area contributed by atoms with Gasteiger partial charge in [-0.3, -0.25) is 0 Å². The minimum absolute atomic E-state index is 0. The number of aromatic nitrogens is 6. The van der Waals surface area contributed by atoms with Crippen molar-refractivity contribution >= 4 is 120 Å². The molecule has 0 unspecified atom stereocenters. The SMILES string of the molecule is O=S(=O)([O-])CCNc1nc(NCCS(=O)(=O)[O-])nc(Nc2ccc(/C=C/c3ccc(Nc4nc(NCCS(=O)(=O)[O-])nc(NCCS(=O)(=O)[O-])n4)cc3S(=O)(=O)[O-])c(S(=O)(=O)[O-])c2)n1.[Na+].[Na+].[Na+].[Na+].[Na+].[Na+]. The minimum Gasteiger partial charge on any atom is -0.748 e. The Kier molecular flexibility index (Phi) is 34.4. The molecule has 6 N–H and O–H groups in total. The van der Waals surface area contributed by atoms with Gasteiger partial charge in [-0.15, -0.1) is 0 Å². The first kappa shape index (κ1) is 74.7. The third-order valence-electron chi connectivity index (χ3n) is 7.33.